The molecule has 1 rings (SSSR count). The predicted octanol–water partition coefficient (Wildman–Crippen LogP) is -0.229. The van der Waals surface area contributed by atoms with Crippen LogP contribution in [0.2, 0.25) is 0 Å². The molecule has 0 aromatic heterocycles. The van der Waals surface area contributed by atoms with E-state index in [1.807, 2.05) is 0 Å². The third kappa shape index (κ3) is 5.54. The van der Waals surface area contributed by atoms with Gasteiger partial charge in [-0.15, -0.1) is 0 Å². The van der Waals surface area contributed by atoms with Crippen LogP contribution >= 0.6 is 0 Å². The second-order valence-corrected chi connectivity index (χ2v) is 4.26. The number of hydrogen-bond donors (Lipinski definition) is 4. The van der Waals surface area contributed by atoms with Crippen LogP contribution in [-0.4, -0.2) is 60.1 Å². The van der Waals surface area contributed by atoms with Crippen molar-refractivity contribution in [2.75, 3.05) is 39.6 Å². The Balaban J connectivity index is 2.66. The highest BCUT2D eigenvalue weighted by Gasteiger charge is 2.17. The second kappa shape index (κ2) is 9.82. The van der Waals surface area contributed by atoms with Gasteiger partial charge in [0.2, 0.25) is 0 Å². The topological polar surface area (TPSA) is 99.4 Å². The van der Waals surface area contributed by atoms with Crippen molar-refractivity contribution in [1.29, 1.82) is 0 Å². The van der Waals surface area contributed by atoms with E-state index >= 15 is 0 Å². The largest absolute Gasteiger partial charge is 0.394 e. The van der Waals surface area contributed by atoms with E-state index < -0.39 is 12.2 Å². The van der Waals surface area contributed by atoms with E-state index in [9.17, 15) is 10.2 Å². The molecule has 0 aliphatic heterocycles. The minimum absolute atomic E-state index is 0.0434. The van der Waals surface area contributed by atoms with Gasteiger partial charge in [0.1, 0.15) is 12.2 Å². The molecule has 1 aromatic rings. The fourth-order valence-electron chi connectivity index (χ4n) is 1.82. The zero-order chi connectivity index (χ0) is 14.8. The van der Waals surface area contributed by atoms with Crippen LogP contribution in [0.1, 0.15) is 23.3 Å². The Kier molecular flexibility index (Phi) is 8.36. The molecule has 0 fully saturated rings. The van der Waals surface area contributed by atoms with E-state index in [0.29, 0.717) is 11.1 Å². The van der Waals surface area contributed by atoms with Gasteiger partial charge in [-0.1, -0.05) is 24.3 Å². The Morgan fingerprint density at radius 2 is 1.20 bits per heavy atom. The molecule has 1 aromatic carbocycles. The van der Waals surface area contributed by atoms with Gasteiger partial charge in [0.05, 0.1) is 39.6 Å². The monoisotopic (exact) mass is 286 g/mol. The Morgan fingerprint density at radius 3 is 1.55 bits per heavy atom. The molecule has 6 nitrogen and oxygen atoms in total. The van der Waals surface area contributed by atoms with Crippen molar-refractivity contribution >= 4 is 0 Å². The van der Waals surface area contributed by atoms with Crippen molar-refractivity contribution in [3.63, 3.8) is 0 Å². The normalized spacial score (nSPS) is 14.2. The Morgan fingerprint density at radius 1 is 0.800 bits per heavy atom. The van der Waals surface area contributed by atoms with Gasteiger partial charge in [0, 0.05) is 0 Å². The number of hydrogen-bond acceptors (Lipinski definition) is 6. The van der Waals surface area contributed by atoms with Gasteiger partial charge in [-0.05, 0) is 11.1 Å². The highest BCUT2D eigenvalue weighted by Crippen LogP contribution is 2.24. The SMILES string of the molecule is OCCOCC(O)c1ccccc1C(O)COCCO. The van der Waals surface area contributed by atoms with Gasteiger partial charge in [0.15, 0.2) is 0 Å². The van der Waals surface area contributed by atoms with Crippen LogP contribution in [0.4, 0.5) is 0 Å². The molecule has 6 heteroatoms. The van der Waals surface area contributed by atoms with E-state index in [1.54, 1.807) is 24.3 Å². The summed E-state index contributed by atoms with van der Waals surface area (Å²) in [5.41, 5.74) is 1.12. The molecule has 114 valence electrons. The molecular weight excluding hydrogens is 264 g/mol. The molecule has 0 saturated heterocycles. The van der Waals surface area contributed by atoms with E-state index in [0.717, 1.165) is 0 Å². The van der Waals surface area contributed by atoms with Gasteiger partial charge in [0.25, 0.3) is 0 Å². The third-order valence-electron chi connectivity index (χ3n) is 2.74. The van der Waals surface area contributed by atoms with Crippen LogP contribution in [0.5, 0.6) is 0 Å². The van der Waals surface area contributed by atoms with Crippen molar-refractivity contribution in [3.8, 4) is 0 Å². The predicted molar refractivity (Wildman–Crippen MR) is 72.2 cm³/mol. The number of benzene rings is 1. The average Bonchev–Trinajstić information content (AvgIpc) is 2.47. The Hall–Kier alpha value is -1.02. The molecule has 0 aliphatic rings. The molecule has 4 N–H and O–H groups in total. The summed E-state index contributed by atoms with van der Waals surface area (Å²) in [5, 5.41) is 37.4. The van der Waals surface area contributed by atoms with Crippen molar-refractivity contribution in [2.24, 2.45) is 0 Å². The first-order valence-electron chi connectivity index (χ1n) is 6.52. The van der Waals surface area contributed by atoms with Crippen LogP contribution in [-0.2, 0) is 9.47 Å². The summed E-state index contributed by atoms with van der Waals surface area (Å²) in [7, 11) is 0. The summed E-state index contributed by atoms with van der Waals surface area (Å²) < 4.78 is 10.2. The highest BCUT2D eigenvalue weighted by molar-refractivity contribution is 5.31. The fraction of sp³-hybridized carbons (Fsp3) is 0.571. The molecule has 20 heavy (non-hydrogen) atoms. The summed E-state index contributed by atoms with van der Waals surface area (Å²) >= 11 is 0. The average molecular weight is 286 g/mol. The lowest BCUT2D eigenvalue weighted by Crippen LogP contribution is -2.16. The molecule has 0 saturated carbocycles. The summed E-state index contributed by atoms with van der Waals surface area (Å²) in [5.74, 6) is 0. The summed E-state index contributed by atoms with van der Waals surface area (Å²) in [6.07, 6.45) is -1.77. The van der Waals surface area contributed by atoms with Crippen molar-refractivity contribution in [1.82, 2.24) is 0 Å². The van der Waals surface area contributed by atoms with E-state index in [-0.39, 0.29) is 39.6 Å². The van der Waals surface area contributed by atoms with Crippen molar-refractivity contribution < 1.29 is 29.9 Å². The molecule has 0 bridgehead atoms. The van der Waals surface area contributed by atoms with Crippen LogP contribution in [0, 0.1) is 0 Å². The maximum absolute atomic E-state index is 10.0. The first-order valence-corrected chi connectivity index (χ1v) is 6.52. The van der Waals surface area contributed by atoms with Gasteiger partial charge in [-0.3, -0.25) is 0 Å². The van der Waals surface area contributed by atoms with E-state index in [1.165, 1.54) is 0 Å². The van der Waals surface area contributed by atoms with Crippen molar-refractivity contribution in [3.05, 3.63) is 35.4 Å². The second-order valence-electron chi connectivity index (χ2n) is 4.26. The summed E-state index contributed by atoms with van der Waals surface area (Å²) in [6.45, 7) is 0.185. The van der Waals surface area contributed by atoms with Gasteiger partial charge >= 0.3 is 0 Å². The molecule has 2 atom stereocenters. The molecule has 0 aliphatic carbocycles. The first-order chi connectivity index (χ1) is 9.70. The number of rotatable bonds is 10. The van der Waals surface area contributed by atoms with Gasteiger partial charge < -0.3 is 29.9 Å². The number of ether oxygens (including phenoxy) is 2. The van der Waals surface area contributed by atoms with E-state index in [4.69, 9.17) is 19.7 Å². The lowest BCUT2D eigenvalue weighted by molar-refractivity contribution is 0.0101. The van der Waals surface area contributed by atoms with Gasteiger partial charge in [-0.25, -0.2) is 0 Å². The fourth-order valence-corrected chi connectivity index (χ4v) is 1.82. The molecular formula is C14H22O6. The van der Waals surface area contributed by atoms with Crippen molar-refractivity contribution in [2.45, 2.75) is 12.2 Å². The lowest BCUT2D eigenvalue weighted by atomic mass is 9.99. The van der Waals surface area contributed by atoms with Crippen LogP contribution in [0.3, 0.4) is 0 Å². The molecule has 0 amide bonds. The lowest BCUT2D eigenvalue weighted by Gasteiger charge is -2.19. The highest BCUT2D eigenvalue weighted by atomic mass is 16.5. The minimum Gasteiger partial charge on any atom is -0.394 e. The smallest absolute Gasteiger partial charge is 0.103 e. The minimum atomic E-state index is -0.884. The maximum Gasteiger partial charge on any atom is 0.103 e. The summed E-state index contributed by atoms with van der Waals surface area (Å²) in [6, 6.07) is 6.93. The zero-order valence-corrected chi connectivity index (χ0v) is 11.3. The van der Waals surface area contributed by atoms with Crippen LogP contribution in [0.15, 0.2) is 24.3 Å². The Labute approximate surface area is 118 Å². The maximum atomic E-state index is 10.0. The quantitative estimate of drug-likeness (QED) is 0.444. The Bertz CT molecular complexity index is 335. The summed E-state index contributed by atoms with van der Waals surface area (Å²) in [4.78, 5) is 0. The standard InChI is InChI=1S/C14H22O6/c15-5-7-19-9-13(17)11-3-1-2-4-12(11)14(18)10-20-8-6-16/h1-4,13-18H,5-10H2. The molecule has 0 radical (unpaired) electrons. The van der Waals surface area contributed by atoms with Crippen LogP contribution in [0.25, 0.3) is 0 Å². The zero-order valence-electron chi connectivity index (χ0n) is 11.3. The molecule has 0 spiro atoms. The number of aliphatic hydroxyl groups excluding tert-OH is 4. The van der Waals surface area contributed by atoms with E-state index in [2.05, 4.69) is 0 Å². The molecule has 2 unspecified atom stereocenters. The first kappa shape index (κ1) is 17.0. The number of aliphatic hydroxyl groups is 4. The third-order valence-corrected chi connectivity index (χ3v) is 2.74. The van der Waals surface area contributed by atoms with Gasteiger partial charge in [-0.2, -0.15) is 0 Å². The molecule has 0 heterocycles. The van der Waals surface area contributed by atoms with Crippen LogP contribution < -0.4 is 0 Å².